The van der Waals surface area contributed by atoms with Gasteiger partial charge in [-0.3, -0.25) is 14.9 Å². The second-order valence-electron chi connectivity index (χ2n) is 5.07. The first-order valence-electron chi connectivity index (χ1n) is 7.15. The van der Waals surface area contributed by atoms with Gasteiger partial charge in [0.25, 0.3) is 5.69 Å². The number of nitro benzene ring substituents is 1. The Morgan fingerprint density at radius 2 is 1.96 bits per heavy atom. The normalized spacial score (nSPS) is 10.4. The van der Waals surface area contributed by atoms with E-state index < -0.39 is 4.92 Å². The first kappa shape index (κ1) is 16.7. The van der Waals surface area contributed by atoms with E-state index in [-0.39, 0.29) is 23.6 Å². The fourth-order valence-corrected chi connectivity index (χ4v) is 2.29. The second-order valence-corrected chi connectivity index (χ2v) is 5.51. The van der Waals surface area contributed by atoms with Crippen LogP contribution in [0.25, 0.3) is 11.3 Å². The third-order valence-electron chi connectivity index (χ3n) is 3.40. The van der Waals surface area contributed by atoms with Gasteiger partial charge in [0.05, 0.1) is 10.5 Å². The lowest BCUT2D eigenvalue weighted by atomic mass is 10.1. The van der Waals surface area contributed by atoms with Crippen molar-refractivity contribution in [1.82, 2.24) is 5.16 Å². The van der Waals surface area contributed by atoms with Crippen LogP contribution in [0.5, 0.6) is 5.75 Å². The number of halogens is 1. The summed E-state index contributed by atoms with van der Waals surface area (Å²) in [5, 5.41) is 15.3. The topological polar surface area (TPSA) is 95.5 Å². The third-order valence-corrected chi connectivity index (χ3v) is 3.65. The number of benzene rings is 2. The molecule has 126 valence electrons. The van der Waals surface area contributed by atoms with E-state index in [0.29, 0.717) is 22.8 Å². The number of rotatable bonds is 6. The van der Waals surface area contributed by atoms with Gasteiger partial charge in [-0.1, -0.05) is 28.9 Å². The summed E-state index contributed by atoms with van der Waals surface area (Å²) in [4.78, 5) is 21.2. The minimum Gasteiger partial charge on any atom is -0.485 e. The number of nitrogens with zero attached hydrogens (tertiary/aromatic N) is 2. The Balaban J connectivity index is 1.73. The molecule has 0 unspecified atom stereocenters. The summed E-state index contributed by atoms with van der Waals surface area (Å²) < 4.78 is 10.7. The number of nitro groups is 1. The van der Waals surface area contributed by atoms with Crippen molar-refractivity contribution in [2.45, 2.75) is 6.61 Å². The van der Waals surface area contributed by atoms with Crippen LogP contribution in [0.15, 0.2) is 53.1 Å². The number of hydrogen-bond donors (Lipinski definition) is 0. The molecule has 0 saturated carbocycles. The molecule has 0 atom stereocenters. The molecule has 1 heterocycles. The Labute approximate surface area is 146 Å². The minimum atomic E-state index is -0.578. The smallest absolute Gasteiger partial charge is 0.270 e. The van der Waals surface area contributed by atoms with Gasteiger partial charge in [0, 0.05) is 28.8 Å². The summed E-state index contributed by atoms with van der Waals surface area (Å²) in [5.74, 6) is 0.671. The molecule has 25 heavy (non-hydrogen) atoms. The van der Waals surface area contributed by atoms with E-state index in [9.17, 15) is 14.9 Å². The maximum absolute atomic E-state index is 11.1. The highest BCUT2D eigenvalue weighted by molar-refractivity contribution is 6.30. The van der Waals surface area contributed by atoms with Crippen LogP contribution in [0, 0.1) is 10.1 Å². The summed E-state index contributed by atoms with van der Waals surface area (Å²) in [7, 11) is 0. The lowest BCUT2D eigenvalue weighted by Crippen LogP contribution is -1.98. The van der Waals surface area contributed by atoms with Crippen LogP contribution < -0.4 is 4.74 Å². The monoisotopic (exact) mass is 358 g/mol. The van der Waals surface area contributed by atoms with Crippen molar-refractivity contribution >= 4 is 23.6 Å². The molecule has 0 aliphatic heterocycles. The fourth-order valence-electron chi connectivity index (χ4n) is 2.16. The predicted octanol–water partition coefficient (Wildman–Crippen LogP) is 4.29. The van der Waals surface area contributed by atoms with Gasteiger partial charge in [-0.2, -0.15) is 0 Å². The standard InChI is InChI=1S/C17H11ClN2O5/c18-13-3-1-11(2-4-13)16-8-15(25-19-16)10-24-17-6-5-14(20(22)23)7-12(17)9-21/h1-9H,10H2. The van der Waals surface area contributed by atoms with Gasteiger partial charge in [0.15, 0.2) is 12.0 Å². The van der Waals surface area contributed by atoms with Crippen molar-refractivity contribution in [2.24, 2.45) is 0 Å². The number of aldehydes is 1. The number of carbonyl (C=O) groups excluding carboxylic acids is 1. The zero-order chi connectivity index (χ0) is 17.8. The molecule has 3 aromatic rings. The summed E-state index contributed by atoms with van der Waals surface area (Å²) >= 11 is 5.85. The fraction of sp³-hybridized carbons (Fsp3) is 0.0588. The Morgan fingerprint density at radius 3 is 2.64 bits per heavy atom. The van der Waals surface area contributed by atoms with Crippen LogP contribution in [-0.2, 0) is 6.61 Å². The average molecular weight is 359 g/mol. The van der Waals surface area contributed by atoms with E-state index in [2.05, 4.69) is 5.16 Å². The SMILES string of the molecule is O=Cc1cc([N+](=O)[O-])ccc1OCc1cc(-c2ccc(Cl)cc2)no1. The molecule has 0 fully saturated rings. The quantitative estimate of drug-likeness (QED) is 0.370. The van der Waals surface area contributed by atoms with Gasteiger partial charge < -0.3 is 9.26 Å². The van der Waals surface area contributed by atoms with Gasteiger partial charge in [-0.05, 0) is 18.2 Å². The molecule has 0 saturated heterocycles. The molecule has 8 heteroatoms. The molecule has 0 aliphatic rings. The zero-order valence-corrected chi connectivity index (χ0v) is 13.5. The summed E-state index contributed by atoms with van der Waals surface area (Å²) in [6.07, 6.45) is 0.502. The van der Waals surface area contributed by atoms with E-state index in [1.165, 1.54) is 12.1 Å². The zero-order valence-electron chi connectivity index (χ0n) is 12.7. The Kier molecular flexibility index (Phi) is 4.76. The van der Waals surface area contributed by atoms with E-state index >= 15 is 0 Å². The number of aromatic nitrogens is 1. The molecular formula is C17H11ClN2O5. The van der Waals surface area contributed by atoms with Gasteiger partial charge in [-0.25, -0.2) is 0 Å². The molecule has 0 aliphatic carbocycles. The van der Waals surface area contributed by atoms with Crippen LogP contribution in [0.1, 0.15) is 16.1 Å². The van der Waals surface area contributed by atoms with E-state index in [0.717, 1.165) is 11.6 Å². The number of ether oxygens (including phenoxy) is 1. The molecule has 0 spiro atoms. The van der Waals surface area contributed by atoms with Crippen LogP contribution in [0.2, 0.25) is 5.02 Å². The molecular weight excluding hydrogens is 348 g/mol. The summed E-state index contributed by atoms with van der Waals surface area (Å²) in [6.45, 7) is 0.0270. The van der Waals surface area contributed by atoms with Crippen molar-refractivity contribution in [2.75, 3.05) is 0 Å². The van der Waals surface area contributed by atoms with Gasteiger partial charge >= 0.3 is 0 Å². The van der Waals surface area contributed by atoms with Crippen molar-refractivity contribution in [1.29, 1.82) is 0 Å². The lowest BCUT2D eigenvalue weighted by Gasteiger charge is -2.05. The Hall–Kier alpha value is -3.19. The minimum absolute atomic E-state index is 0.0270. The third kappa shape index (κ3) is 3.84. The molecule has 0 N–H and O–H groups in total. The maximum atomic E-state index is 11.1. The summed E-state index contributed by atoms with van der Waals surface area (Å²) in [5.41, 5.74) is 1.36. The van der Waals surface area contributed by atoms with Crippen LogP contribution >= 0.6 is 11.6 Å². The van der Waals surface area contributed by atoms with Crippen LogP contribution in [0.3, 0.4) is 0 Å². The Bertz CT molecular complexity index is 921. The first-order valence-corrected chi connectivity index (χ1v) is 7.52. The number of non-ortho nitro benzene ring substituents is 1. The predicted molar refractivity (Wildman–Crippen MR) is 89.8 cm³/mol. The van der Waals surface area contributed by atoms with Gasteiger partial charge in [0.1, 0.15) is 18.1 Å². The van der Waals surface area contributed by atoms with E-state index in [4.69, 9.17) is 20.9 Å². The van der Waals surface area contributed by atoms with E-state index in [1.54, 1.807) is 18.2 Å². The van der Waals surface area contributed by atoms with Crippen LogP contribution in [0.4, 0.5) is 5.69 Å². The Morgan fingerprint density at radius 1 is 1.20 bits per heavy atom. The number of carbonyl (C=O) groups is 1. The largest absolute Gasteiger partial charge is 0.485 e. The van der Waals surface area contributed by atoms with Crippen molar-refractivity contribution in [3.05, 3.63) is 75.0 Å². The number of hydrogen-bond acceptors (Lipinski definition) is 6. The molecule has 7 nitrogen and oxygen atoms in total. The highest BCUT2D eigenvalue weighted by Crippen LogP contribution is 2.25. The van der Waals surface area contributed by atoms with Gasteiger partial charge in [-0.15, -0.1) is 0 Å². The van der Waals surface area contributed by atoms with Crippen molar-refractivity contribution in [3.63, 3.8) is 0 Å². The van der Waals surface area contributed by atoms with Crippen molar-refractivity contribution < 1.29 is 19.0 Å². The van der Waals surface area contributed by atoms with E-state index in [1.807, 2.05) is 12.1 Å². The average Bonchev–Trinajstić information content (AvgIpc) is 3.09. The first-order chi connectivity index (χ1) is 12.1. The lowest BCUT2D eigenvalue weighted by molar-refractivity contribution is -0.384. The molecule has 0 amide bonds. The molecule has 2 aromatic carbocycles. The van der Waals surface area contributed by atoms with Gasteiger partial charge in [0.2, 0.25) is 0 Å². The molecule has 3 rings (SSSR count). The highest BCUT2D eigenvalue weighted by atomic mass is 35.5. The highest BCUT2D eigenvalue weighted by Gasteiger charge is 2.13. The van der Waals surface area contributed by atoms with Crippen molar-refractivity contribution in [3.8, 4) is 17.0 Å². The molecule has 0 bridgehead atoms. The second kappa shape index (κ2) is 7.14. The maximum Gasteiger partial charge on any atom is 0.270 e. The molecule has 1 aromatic heterocycles. The summed E-state index contributed by atoms with van der Waals surface area (Å²) in [6, 6.07) is 12.6. The van der Waals surface area contributed by atoms with Crippen LogP contribution in [-0.4, -0.2) is 16.4 Å². The molecule has 0 radical (unpaired) electrons.